The van der Waals surface area contributed by atoms with Gasteiger partial charge in [0.25, 0.3) is 5.91 Å². The highest BCUT2D eigenvalue weighted by molar-refractivity contribution is 6.00. The maximum atomic E-state index is 12.7. The normalized spacial score (nSPS) is 9.75. The van der Waals surface area contributed by atoms with Gasteiger partial charge in [0.2, 0.25) is 0 Å². The average Bonchev–Trinajstić information content (AvgIpc) is 2.00. The molecule has 0 unspecified atom stereocenters. The first-order chi connectivity index (χ1) is 5.54. The molecule has 0 aliphatic heterocycles. The highest BCUT2D eigenvalue weighted by atomic mass is 19.1. The molecule has 0 aromatic heterocycles. The fourth-order valence-corrected chi connectivity index (χ4v) is 0.825. The van der Waals surface area contributed by atoms with Gasteiger partial charge in [-0.3, -0.25) is 4.79 Å². The Kier molecular flexibility index (Phi) is 1.86. The summed E-state index contributed by atoms with van der Waals surface area (Å²) in [5.41, 5.74) is 15.2. The molecule has 0 atom stereocenters. The average molecular weight is 169 g/mol. The van der Waals surface area contributed by atoms with Crippen LogP contribution in [0.5, 0.6) is 0 Å². The van der Waals surface area contributed by atoms with Crippen LogP contribution in [0.4, 0.5) is 15.8 Å². The number of nitrogen functional groups attached to an aromatic ring is 2. The van der Waals surface area contributed by atoms with Crippen LogP contribution in [0, 0.1) is 5.82 Å². The van der Waals surface area contributed by atoms with Gasteiger partial charge in [0, 0.05) is 0 Å². The van der Waals surface area contributed by atoms with E-state index in [1.807, 2.05) is 0 Å². The molecule has 0 heterocycles. The molecule has 1 amide bonds. The molecule has 0 fully saturated rings. The molecule has 6 N–H and O–H groups in total. The first-order valence-electron chi connectivity index (χ1n) is 3.17. The quantitative estimate of drug-likeness (QED) is 0.520. The van der Waals surface area contributed by atoms with Gasteiger partial charge in [0.05, 0.1) is 16.9 Å². The molecule has 0 saturated heterocycles. The summed E-state index contributed by atoms with van der Waals surface area (Å²) in [6.45, 7) is 0. The lowest BCUT2D eigenvalue weighted by atomic mass is 10.1. The van der Waals surface area contributed by atoms with Crippen LogP contribution in [0.3, 0.4) is 0 Å². The van der Waals surface area contributed by atoms with Gasteiger partial charge in [-0.15, -0.1) is 0 Å². The SMILES string of the molecule is NC(=O)c1ccc(F)c(N)c1N. The summed E-state index contributed by atoms with van der Waals surface area (Å²) < 4.78 is 12.7. The van der Waals surface area contributed by atoms with Gasteiger partial charge in [0.15, 0.2) is 0 Å². The van der Waals surface area contributed by atoms with Gasteiger partial charge in [-0.25, -0.2) is 4.39 Å². The van der Waals surface area contributed by atoms with Crippen molar-refractivity contribution in [3.05, 3.63) is 23.5 Å². The van der Waals surface area contributed by atoms with Crippen molar-refractivity contribution >= 4 is 17.3 Å². The van der Waals surface area contributed by atoms with E-state index >= 15 is 0 Å². The molecule has 1 aromatic rings. The topological polar surface area (TPSA) is 95.1 Å². The van der Waals surface area contributed by atoms with E-state index in [4.69, 9.17) is 17.2 Å². The predicted molar refractivity (Wildman–Crippen MR) is 43.7 cm³/mol. The van der Waals surface area contributed by atoms with Crippen LogP contribution < -0.4 is 17.2 Å². The molecule has 1 aromatic carbocycles. The van der Waals surface area contributed by atoms with Crippen LogP contribution in [0.25, 0.3) is 0 Å². The number of carbonyl (C=O) groups excluding carboxylic acids is 1. The van der Waals surface area contributed by atoms with Crippen LogP contribution in [0.2, 0.25) is 0 Å². The summed E-state index contributed by atoms with van der Waals surface area (Å²) in [6, 6.07) is 2.25. The number of hydrogen-bond acceptors (Lipinski definition) is 3. The standard InChI is InChI=1S/C7H8FN3O/c8-4-2-1-3(7(11)12)5(9)6(4)10/h1-2H,9-10H2,(H2,11,12). The minimum absolute atomic E-state index is 0.0360. The van der Waals surface area contributed by atoms with Gasteiger partial charge in [0.1, 0.15) is 5.82 Å². The maximum Gasteiger partial charge on any atom is 0.250 e. The van der Waals surface area contributed by atoms with Gasteiger partial charge in [-0.1, -0.05) is 0 Å². The number of carbonyl (C=O) groups is 1. The molecular formula is C7H8FN3O. The molecule has 0 aliphatic carbocycles. The second-order valence-electron chi connectivity index (χ2n) is 2.29. The van der Waals surface area contributed by atoms with Crippen LogP contribution in [0.1, 0.15) is 10.4 Å². The van der Waals surface area contributed by atoms with E-state index in [-0.39, 0.29) is 16.9 Å². The predicted octanol–water partition coefficient (Wildman–Crippen LogP) is 0.0890. The lowest BCUT2D eigenvalue weighted by molar-refractivity contribution is 0.100. The second-order valence-corrected chi connectivity index (χ2v) is 2.29. The summed E-state index contributed by atoms with van der Waals surface area (Å²) in [5.74, 6) is -1.38. The third-order valence-electron chi connectivity index (χ3n) is 1.50. The Bertz CT molecular complexity index is 338. The monoisotopic (exact) mass is 169 g/mol. The summed E-state index contributed by atoms with van der Waals surface area (Å²) in [4.78, 5) is 10.6. The first kappa shape index (κ1) is 8.32. The van der Waals surface area contributed by atoms with E-state index in [0.29, 0.717) is 0 Å². The zero-order chi connectivity index (χ0) is 9.30. The third kappa shape index (κ3) is 1.16. The Hall–Kier alpha value is -1.78. The largest absolute Gasteiger partial charge is 0.396 e. The van der Waals surface area contributed by atoms with Crippen molar-refractivity contribution in [2.45, 2.75) is 0 Å². The van der Waals surface area contributed by atoms with Crippen LogP contribution in [-0.4, -0.2) is 5.91 Å². The molecule has 5 heteroatoms. The van der Waals surface area contributed by atoms with Crippen molar-refractivity contribution in [3.8, 4) is 0 Å². The number of primary amides is 1. The molecule has 0 spiro atoms. The molecule has 64 valence electrons. The van der Waals surface area contributed by atoms with Gasteiger partial charge >= 0.3 is 0 Å². The van der Waals surface area contributed by atoms with Gasteiger partial charge in [-0.05, 0) is 12.1 Å². The van der Waals surface area contributed by atoms with Crippen LogP contribution in [-0.2, 0) is 0 Å². The van der Waals surface area contributed by atoms with Crippen LogP contribution in [0.15, 0.2) is 12.1 Å². The fourth-order valence-electron chi connectivity index (χ4n) is 0.825. The van der Waals surface area contributed by atoms with E-state index in [2.05, 4.69) is 0 Å². The number of nitrogens with two attached hydrogens (primary N) is 3. The second kappa shape index (κ2) is 2.69. The highest BCUT2D eigenvalue weighted by Gasteiger charge is 2.10. The number of benzene rings is 1. The van der Waals surface area contributed by atoms with E-state index in [0.717, 1.165) is 6.07 Å². The van der Waals surface area contributed by atoms with Crippen molar-refractivity contribution < 1.29 is 9.18 Å². The first-order valence-corrected chi connectivity index (χ1v) is 3.17. The lowest BCUT2D eigenvalue weighted by Crippen LogP contribution is -2.15. The number of anilines is 2. The summed E-state index contributed by atoms with van der Waals surface area (Å²) in [6.07, 6.45) is 0. The van der Waals surface area contributed by atoms with Crippen molar-refractivity contribution in [1.29, 1.82) is 0 Å². The van der Waals surface area contributed by atoms with Crippen molar-refractivity contribution in [2.24, 2.45) is 5.73 Å². The van der Waals surface area contributed by atoms with Gasteiger partial charge in [-0.2, -0.15) is 0 Å². The Balaban J connectivity index is 3.36. The number of rotatable bonds is 1. The minimum atomic E-state index is -0.723. The smallest absolute Gasteiger partial charge is 0.250 e. The Morgan fingerprint density at radius 3 is 2.33 bits per heavy atom. The fraction of sp³-hybridized carbons (Fsp3) is 0. The van der Waals surface area contributed by atoms with E-state index in [1.165, 1.54) is 6.07 Å². The Morgan fingerprint density at radius 2 is 1.83 bits per heavy atom. The molecule has 12 heavy (non-hydrogen) atoms. The van der Waals surface area contributed by atoms with Gasteiger partial charge < -0.3 is 17.2 Å². The minimum Gasteiger partial charge on any atom is -0.396 e. The number of amides is 1. The molecule has 4 nitrogen and oxygen atoms in total. The summed E-state index contributed by atoms with van der Waals surface area (Å²) in [7, 11) is 0. The van der Waals surface area contributed by atoms with Crippen molar-refractivity contribution in [2.75, 3.05) is 11.5 Å². The zero-order valence-electron chi connectivity index (χ0n) is 6.17. The zero-order valence-corrected chi connectivity index (χ0v) is 6.17. The Labute approximate surface area is 68.1 Å². The molecular weight excluding hydrogens is 161 g/mol. The molecule has 0 aliphatic rings. The van der Waals surface area contributed by atoms with E-state index in [9.17, 15) is 9.18 Å². The molecule has 0 saturated carbocycles. The third-order valence-corrected chi connectivity index (χ3v) is 1.50. The molecule has 0 bridgehead atoms. The van der Waals surface area contributed by atoms with Crippen LogP contribution >= 0.6 is 0 Å². The summed E-state index contributed by atoms with van der Waals surface area (Å²) >= 11 is 0. The lowest BCUT2D eigenvalue weighted by Gasteiger charge is -2.04. The highest BCUT2D eigenvalue weighted by Crippen LogP contribution is 2.22. The molecule has 1 rings (SSSR count). The number of halogens is 1. The van der Waals surface area contributed by atoms with Crippen molar-refractivity contribution in [1.82, 2.24) is 0 Å². The molecule has 0 radical (unpaired) electrons. The van der Waals surface area contributed by atoms with E-state index in [1.54, 1.807) is 0 Å². The number of hydrogen-bond donors (Lipinski definition) is 3. The summed E-state index contributed by atoms with van der Waals surface area (Å²) in [5, 5.41) is 0. The Morgan fingerprint density at radius 1 is 1.25 bits per heavy atom. The van der Waals surface area contributed by atoms with Crippen molar-refractivity contribution in [3.63, 3.8) is 0 Å². The maximum absolute atomic E-state index is 12.7. The van der Waals surface area contributed by atoms with E-state index < -0.39 is 11.7 Å².